The molecular weight excluding hydrogens is 536 g/mol. The van der Waals surface area contributed by atoms with E-state index in [9.17, 15) is 24.0 Å². The second kappa shape index (κ2) is 16.3. The van der Waals surface area contributed by atoms with E-state index in [1.54, 1.807) is 6.92 Å². The number of hydrogen-bond donors (Lipinski definition) is 4. The number of amides is 4. The molecule has 42 heavy (non-hydrogen) atoms. The third-order valence-electron chi connectivity index (χ3n) is 6.97. The van der Waals surface area contributed by atoms with Crippen LogP contribution in [0.3, 0.4) is 0 Å². The van der Waals surface area contributed by atoms with Gasteiger partial charge in [0.1, 0.15) is 6.61 Å². The van der Waals surface area contributed by atoms with Crippen LogP contribution >= 0.6 is 0 Å². The van der Waals surface area contributed by atoms with Crippen LogP contribution < -0.4 is 21.3 Å². The number of fused-ring (bicyclic) bond motifs is 3. The van der Waals surface area contributed by atoms with Crippen LogP contribution in [0, 0.1) is 0 Å². The molecule has 0 fully saturated rings. The van der Waals surface area contributed by atoms with E-state index in [0.717, 1.165) is 28.7 Å². The second-order valence-electron chi connectivity index (χ2n) is 10.3. The number of carbonyl (C=O) groups excluding carboxylic acids is 5. The molecule has 10 nitrogen and oxygen atoms in total. The molecular formula is C32H42N4O6. The smallest absolute Gasteiger partial charge is 0.305 e. The first-order chi connectivity index (χ1) is 20.2. The van der Waals surface area contributed by atoms with Crippen LogP contribution in [0.1, 0.15) is 89.2 Å². The van der Waals surface area contributed by atoms with Crippen LogP contribution in [-0.2, 0) is 28.7 Å². The Hall–Kier alpha value is -4.21. The Morgan fingerprint density at radius 3 is 1.67 bits per heavy atom. The number of esters is 1. The van der Waals surface area contributed by atoms with Crippen LogP contribution in [0.4, 0.5) is 11.4 Å². The number of benzene rings is 2. The topological polar surface area (TPSA) is 143 Å². The maximum absolute atomic E-state index is 12.6. The summed E-state index contributed by atoms with van der Waals surface area (Å²) in [6.07, 6.45) is 3.05. The first kappa shape index (κ1) is 32.3. The van der Waals surface area contributed by atoms with E-state index in [0.29, 0.717) is 50.1 Å². The van der Waals surface area contributed by atoms with Crippen LogP contribution in [0.25, 0.3) is 11.1 Å². The maximum Gasteiger partial charge on any atom is 0.305 e. The summed E-state index contributed by atoms with van der Waals surface area (Å²) >= 11 is 0. The highest BCUT2D eigenvalue weighted by atomic mass is 16.5. The van der Waals surface area contributed by atoms with E-state index < -0.39 is 0 Å². The summed E-state index contributed by atoms with van der Waals surface area (Å²) in [6.45, 7) is 6.89. The van der Waals surface area contributed by atoms with Gasteiger partial charge in [-0.3, -0.25) is 24.0 Å². The predicted octanol–water partition coefficient (Wildman–Crippen LogP) is 4.63. The molecule has 0 saturated carbocycles. The third kappa shape index (κ3) is 9.43. The Balaban J connectivity index is 1.70. The molecule has 0 bridgehead atoms. The van der Waals surface area contributed by atoms with Gasteiger partial charge in [-0.05, 0) is 72.7 Å². The predicted molar refractivity (Wildman–Crippen MR) is 162 cm³/mol. The lowest BCUT2D eigenvalue weighted by atomic mass is 9.97. The van der Waals surface area contributed by atoms with Crippen molar-refractivity contribution in [3.05, 3.63) is 47.5 Å². The Kier molecular flexibility index (Phi) is 12.5. The highest BCUT2D eigenvalue weighted by molar-refractivity contribution is 5.94. The highest BCUT2D eigenvalue weighted by Gasteiger charge is 2.30. The summed E-state index contributed by atoms with van der Waals surface area (Å²) in [5.41, 5.74) is 5.00. The number of anilines is 2. The molecule has 0 aromatic heterocycles. The minimum Gasteiger partial charge on any atom is -0.465 e. The third-order valence-corrected chi connectivity index (χ3v) is 6.97. The summed E-state index contributed by atoms with van der Waals surface area (Å²) in [5, 5.41) is 11.4. The molecule has 0 aliphatic heterocycles. The van der Waals surface area contributed by atoms with Crippen LogP contribution in [0.2, 0.25) is 0 Å². The molecule has 4 N–H and O–H groups in total. The standard InChI is InChI=1S/C32H42N4O6/c1-4-17-34-29(38)10-8-12-31(40)36-22-14-16-24-23-15-13-21(35-30(39)11-7-9-28(37)33-6-3)18-25(23)27(26(24)19-22)20-42-32(41)5-2/h13-16,18-19,27H,4-12,17,20H2,1-3H3,(H,33,37)(H,34,38)(H,35,39)(H,36,40). The first-order valence-electron chi connectivity index (χ1n) is 14.8. The van der Waals surface area contributed by atoms with Gasteiger partial charge in [0.25, 0.3) is 0 Å². The van der Waals surface area contributed by atoms with Crippen LogP contribution in [0.15, 0.2) is 36.4 Å². The van der Waals surface area contributed by atoms with Gasteiger partial charge in [-0.2, -0.15) is 0 Å². The fourth-order valence-electron chi connectivity index (χ4n) is 4.88. The van der Waals surface area contributed by atoms with Crippen molar-refractivity contribution in [2.75, 3.05) is 30.3 Å². The number of hydrogen-bond acceptors (Lipinski definition) is 6. The van der Waals surface area contributed by atoms with E-state index in [1.165, 1.54) is 0 Å². The lowest BCUT2D eigenvalue weighted by Crippen LogP contribution is -2.24. The van der Waals surface area contributed by atoms with Crippen LogP contribution in [-0.4, -0.2) is 49.3 Å². The average molecular weight is 579 g/mol. The molecule has 4 amide bonds. The van der Waals surface area contributed by atoms with Gasteiger partial charge in [-0.25, -0.2) is 0 Å². The lowest BCUT2D eigenvalue weighted by molar-refractivity contribution is -0.143. The molecule has 0 heterocycles. The quantitative estimate of drug-likeness (QED) is 0.214. The Morgan fingerprint density at radius 1 is 0.690 bits per heavy atom. The Labute approximate surface area is 247 Å². The fraction of sp³-hybridized carbons (Fsp3) is 0.469. The summed E-state index contributed by atoms with van der Waals surface area (Å²) in [7, 11) is 0. The number of nitrogens with one attached hydrogen (secondary N) is 4. The zero-order valence-corrected chi connectivity index (χ0v) is 24.8. The maximum atomic E-state index is 12.6. The molecule has 2 aromatic rings. The molecule has 10 heteroatoms. The van der Waals surface area contributed by atoms with Crippen molar-refractivity contribution in [2.24, 2.45) is 0 Å². The molecule has 0 saturated heterocycles. The van der Waals surface area contributed by atoms with Gasteiger partial charge in [-0.15, -0.1) is 0 Å². The van der Waals surface area contributed by atoms with Crippen molar-refractivity contribution < 1.29 is 28.7 Å². The van der Waals surface area contributed by atoms with Gasteiger partial charge >= 0.3 is 5.97 Å². The zero-order chi connectivity index (χ0) is 30.5. The van der Waals surface area contributed by atoms with E-state index in [1.807, 2.05) is 50.2 Å². The van der Waals surface area contributed by atoms with Crippen molar-refractivity contribution in [3.8, 4) is 11.1 Å². The largest absolute Gasteiger partial charge is 0.465 e. The molecule has 1 atom stereocenters. The molecule has 226 valence electrons. The van der Waals surface area contributed by atoms with Gasteiger partial charge in [0.2, 0.25) is 23.6 Å². The van der Waals surface area contributed by atoms with Gasteiger partial charge in [-0.1, -0.05) is 26.0 Å². The highest BCUT2D eigenvalue weighted by Crippen LogP contribution is 2.47. The summed E-state index contributed by atoms with van der Waals surface area (Å²) in [6, 6.07) is 11.3. The van der Waals surface area contributed by atoms with E-state index >= 15 is 0 Å². The molecule has 2 aromatic carbocycles. The normalized spacial score (nSPS) is 13.0. The number of carbonyl (C=O) groups is 5. The van der Waals surface area contributed by atoms with Crippen molar-refractivity contribution in [3.63, 3.8) is 0 Å². The minimum absolute atomic E-state index is 0.0562. The molecule has 0 spiro atoms. The SMILES string of the molecule is CCCNC(=O)CCCC(=O)Nc1ccc2c(c1)C(COC(=O)CC)c1cc(NC(=O)CCCC(=O)NCC)ccc1-2. The van der Waals surface area contributed by atoms with E-state index in [4.69, 9.17) is 4.74 Å². The van der Waals surface area contributed by atoms with E-state index in [-0.39, 0.29) is 61.4 Å². The van der Waals surface area contributed by atoms with Crippen LogP contribution in [0.5, 0.6) is 0 Å². The van der Waals surface area contributed by atoms with Crippen molar-refractivity contribution in [1.82, 2.24) is 10.6 Å². The Bertz CT molecular complexity index is 1290. The van der Waals surface area contributed by atoms with E-state index in [2.05, 4.69) is 21.3 Å². The van der Waals surface area contributed by atoms with Gasteiger partial charge in [0, 0.05) is 62.5 Å². The lowest BCUT2D eigenvalue weighted by Gasteiger charge is -2.16. The van der Waals surface area contributed by atoms with Gasteiger partial charge in [0.15, 0.2) is 0 Å². The summed E-state index contributed by atoms with van der Waals surface area (Å²) < 4.78 is 5.54. The average Bonchev–Trinajstić information content (AvgIpc) is 3.26. The van der Waals surface area contributed by atoms with Crippen molar-refractivity contribution in [1.29, 1.82) is 0 Å². The van der Waals surface area contributed by atoms with Gasteiger partial charge < -0.3 is 26.0 Å². The monoisotopic (exact) mass is 578 g/mol. The molecule has 1 aliphatic rings. The molecule has 1 aliphatic carbocycles. The second-order valence-corrected chi connectivity index (χ2v) is 10.3. The summed E-state index contributed by atoms with van der Waals surface area (Å²) in [4.78, 5) is 60.6. The molecule has 3 rings (SSSR count). The molecule has 1 unspecified atom stereocenters. The summed E-state index contributed by atoms with van der Waals surface area (Å²) in [5.74, 6) is -1.08. The first-order valence-corrected chi connectivity index (χ1v) is 14.8. The minimum atomic E-state index is -0.311. The fourth-order valence-corrected chi connectivity index (χ4v) is 4.88. The zero-order valence-electron chi connectivity index (χ0n) is 24.8. The number of rotatable bonds is 16. The number of ether oxygens (including phenoxy) is 1. The van der Waals surface area contributed by atoms with Crippen molar-refractivity contribution >= 4 is 41.0 Å². The van der Waals surface area contributed by atoms with Gasteiger partial charge in [0.05, 0.1) is 0 Å². The molecule has 0 radical (unpaired) electrons. The van der Waals surface area contributed by atoms with Crippen molar-refractivity contribution in [2.45, 2.75) is 78.1 Å². The Morgan fingerprint density at radius 2 is 1.19 bits per heavy atom.